The number of methoxy groups -OCH3 is 1. The van der Waals surface area contributed by atoms with E-state index in [4.69, 9.17) is 14.2 Å². The molecule has 0 spiro atoms. The third kappa shape index (κ3) is 4.66. The van der Waals surface area contributed by atoms with Gasteiger partial charge in [-0.05, 0) is 44.2 Å². The van der Waals surface area contributed by atoms with Crippen molar-refractivity contribution >= 4 is 17.5 Å². The highest BCUT2D eigenvalue weighted by atomic mass is 16.7. The van der Waals surface area contributed by atoms with Gasteiger partial charge in [-0.25, -0.2) is 0 Å². The van der Waals surface area contributed by atoms with E-state index in [1.807, 2.05) is 6.07 Å². The van der Waals surface area contributed by atoms with E-state index in [1.165, 1.54) is 0 Å². The van der Waals surface area contributed by atoms with Crippen LogP contribution in [0.2, 0.25) is 0 Å². The summed E-state index contributed by atoms with van der Waals surface area (Å²) in [5.74, 6) is 1.39. The molecule has 0 atom stereocenters. The van der Waals surface area contributed by atoms with Crippen molar-refractivity contribution < 1.29 is 23.8 Å². The minimum atomic E-state index is -0.0574. The number of amides is 2. The Morgan fingerprint density at radius 3 is 2.50 bits per heavy atom. The maximum Gasteiger partial charge on any atom is 0.231 e. The van der Waals surface area contributed by atoms with Crippen LogP contribution in [0.3, 0.4) is 0 Å². The van der Waals surface area contributed by atoms with E-state index in [1.54, 1.807) is 19.2 Å². The second-order valence-corrected chi connectivity index (χ2v) is 6.74. The number of nitrogens with one attached hydrogen (secondary N) is 2. The number of fused-ring (bicyclic) bond motifs is 1. The molecule has 0 radical (unpaired) electrons. The molecule has 0 aromatic heterocycles. The Hall–Kier alpha value is -2.28. The summed E-state index contributed by atoms with van der Waals surface area (Å²) < 4.78 is 15.6. The van der Waals surface area contributed by atoms with E-state index < -0.39 is 0 Å². The number of hydrogen-bond acceptors (Lipinski definition) is 5. The first-order valence-corrected chi connectivity index (χ1v) is 9.14. The van der Waals surface area contributed by atoms with Gasteiger partial charge in [0.15, 0.2) is 11.5 Å². The first-order valence-electron chi connectivity index (χ1n) is 9.14. The van der Waals surface area contributed by atoms with Crippen LogP contribution in [0.15, 0.2) is 18.2 Å². The fourth-order valence-electron chi connectivity index (χ4n) is 3.41. The highest BCUT2D eigenvalue weighted by molar-refractivity contribution is 5.93. The molecule has 1 aromatic carbocycles. The molecule has 1 heterocycles. The first kappa shape index (κ1) is 18.5. The molecule has 0 bridgehead atoms. The second kappa shape index (κ2) is 8.89. The molecular weight excluding hydrogens is 336 g/mol. The lowest BCUT2D eigenvalue weighted by molar-refractivity contribution is -0.128. The molecule has 1 saturated carbocycles. The normalized spacial score (nSPS) is 21.3. The van der Waals surface area contributed by atoms with E-state index >= 15 is 0 Å². The number of carbonyl (C=O) groups excluding carboxylic acids is 2. The predicted molar refractivity (Wildman–Crippen MR) is 96.1 cm³/mol. The van der Waals surface area contributed by atoms with Crippen LogP contribution in [0.4, 0.5) is 5.69 Å². The van der Waals surface area contributed by atoms with E-state index in [9.17, 15) is 9.59 Å². The Labute approximate surface area is 153 Å². The summed E-state index contributed by atoms with van der Waals surface area (Å²) >= 11 is 0. The molecule has 2 N–H and O–H groups in total. The van der Waals surface area contributed by atoms with Crippen LogP contribution in [-0.2, 0) is 14.3 Å². The molecule has 7 nitrogen and oxygen atoms in total. The minimum absolute atomic E-state index is 0.00261. The number of rotatable bonds is 7. The maximum absolute atomic E-state index is 12.5. The molecule has 2 aliphatic rings. The quantitative estimate of drug-likeness (QED) is 0.727. The lowest BCUT2D eigenvalue weighted by atomic mass is 9.81. The van der Waals surface area contributed by atoms with E-state index in [0.29, 0.717) is 30.3 Å². The molecule has 1 aliphatic carbocycles. The van der Waals surface area contributed by atoms with Crippen LogP contribution >= 0.6 is 0 Å². The van der Waals surface area contributed by atoms with Gasteiger partial charge in [-0.3, -0.25) is 9.59 Å². The number of carbonyl (C=O) groups is 2. The molecule has 0 saturated heterocycles. The van der Waals surface area contributed by atoms with Gasteiger partial charge in [0.1, 0.15) is 0 Å². The first-order chi connectivity index (χ1) is 12.7. The Kier molecular flexibility index (Phi) is 6.33. The molecular formula is C19H26N2O5. The van der Waals surface area contributed by atoms with Gasteiger partial charge < -0.3 is 24.8 Å². The summed E-state index contributed by atoms with van der Waals surface area (Å²) in [4.78, 5) is 24.6. The zero-order valence-electron chi connectivity index (χ0n) is 15.1. The van der Waals surface area contributed by atoms with Crippen molar-refractivity contribution in [3.05, 3.63) is 18.2 Å². The van der Waals surface area contributed by atoms with E-state index in [0.717, 1.165) is 32.1 Å². The summed E-state index contributed by atoms with van der Waals surface area (Å²) in [7, 11) is 1.65. The SMILES string of the molecule is COCCCNC(=O)C1CCC(C(=O)Nc2ccc3c(c2)OCO3)CC1. The molecule has 1 fully saturated rings. The molecule has 142 valence electrons. The standard InChI is InChI=1S/C19H26N2O5/c1-24-10-2-9-20-18(22)13-3-5-14(6-4-13)19(23)21-15-7-8-16-17(11-15)26-12-25-16/h7-8,11,13-14H,2-6,9-10,12H2,1H3,(H,20,22)(H,21,23). The van der Waals surface area contributed by atoms with Gasteiger partial charge in [0.05, 0.1) is 0 Å². The van der Waals surface area contributed by atoms with Gasteiger partial charge in [0.25, 0.3) is 0 Å². The summed E-state index contributed by atoms with van der Waals surface area (Å²) in [6, 6.07) is 5.38. The molecule has 2 amide bonds. The average molecular weight is 362 g/mol. The van der Waals surface area contributed by atoms with Crippen molar-refractivity contribution in [1.82, 2.24) is 5.32 Å². The minimum Gasteiger partial charge on any atom is -0.454 e. The summed E-state index contributed by atoms with van der Waals surface area (Å²) in [5.41, 5.74) is 0.706. The van der Waals surface area contributed by atoms with Crippen molar-refractivity contribution in [2.45, 2.75) is 32.1 Å². The molecule has 3 rings (SSSR count). The fraction of sp³-hybridized carbons (Fsp3) is 0.579. The van der Waals surface area contributed by atoms with Crippen molar-refractivity contribution in [3.8, 4) is 11.5 Å². The molecule has 26 heavy (non-hydrogen) atoms. The number of hydrogen-bond donors (Lipinski definition) is 2. The van der Waals surface area contributed by atoms with Crippen molar-refractivity contribution in [2.24, 2.45) is 11.8 Å². The third-order valence-electron chi connectivity index (χ3n) is 4.93. The molecule has 1 aliphatic heterocycles. The highest BCUT2D eigenvalue weighted by Crippen LogP contribution is 2.35. The topological polar surface area (TPSA) is 85.9 Å². The van der Waals surface area contributed by atoms with Crippen LogP contribution in [0.5, 0.6) is 11.5 Å². The maximum atomic E-state index is 12.5. The monoisotopic (exact) mass is 362 g/mol. The Morgan fingerprint density at radius 2 is 1.77 bits per heavy atom. The Bertz CT molecular complexity index is 641. The van der Waals surface area contributed by atoms with Gasteiger partial charge in [0, 0.05) is 43.9 Å². The van der Waals surface area contributed by atoms with Gasteiger partial charge in [-0.15, -0.1) is 0 Å². The fourth-order valence-corrected chi connectivity index (χ4v) is 3.41. The largest absolute Gasteiger partial charge is 0.454 e. The highest BCUT2D eigenvalue weighted by Gasteiger charge is 2.30. The lowest BCUT2D eigenvalue weighted by Gasteiger charge is -2.27. The van der Waals surface area contributed by atoms with Crippen LogP contribution in [0.1, 0.15) is 32.1 Å². The van der Waals surface area contributed by atoms with E-state index in [2.05, 4.69) is 10.6 Å². The summed E-state index contributed by atoms with van der Waals surface area (Å²) in [5, 5.41) is 5.89. The number of anilines is 1. The predicted octanol–water partition coefficient (Wildman–Crippen LogP) is 2.31. The number of benzene rings is 1. The van der Waals surface area contributed by atoms with Crippen LogP contribution in [-0.4, -0.2) is 38.9 Å². The van der Waals surface area contributed by atoms with E-state index in [-0.39, 0.29) is 30.4 Å². The number of ether oxygens (including phenoxy) is 3. The van der Waals surface area contributed by atoms with Gasteiger partial charge in [0.2, 0.25) is 18.6 Å². The summed E-state index contributed by atoms with van der Waals surface area (Å²) in [6.45, 7) is 1.49. The van der Waals surface area contributed by atoms with Crippen molar-refractivity contribution in [3.63, 3.8) is 0 Å². The average Bonchev–Trinajstić information content (AvgIpc) is 3.13. The van der Waals surface area contributed by atoms with Gasteiger partial charge in [-0.1, -0.05) is 0 Å². The Morgan fingerprint density at radius 1 is 1.08 bits per heavy atom. The smallest absolute Gasteiger partial charge is 0.231 e. The van der Waals surface area contributed by atoms with Gasteiger partial charge >= 0.3 is 0 Å². The second-order valence-electron chi connectivity index (χ2n) is 6.74. The van der Waals surface area contributed by atoms with Crippen molar-refractivity contribution in [1.29, 1.82) is 0 Å². The van der Waals surface area contributed by atoms with Gasteiger partial charge in [-0.2, -0.15) is 0 Å². The van der Waals surface area contributed by atoms with Crippen LogP contribution in [0, 0.1) is 11.8 Å². The lowest BCUT2D eigenvalue weighted by Crippen LogP contribution is -2.36. The van der Waals surface area contributed by atoms with Crippen LogP contribution in [0.25, 0.3) is 0 Å². The Balaban J connectivity index is 1.42. The molecule has 0 unspecified atom stereocenters. The zero-order valence-corrected chi connectivity index (χ0v) is 15.1. The summed E-state index contributed by atoms with van der Waals surface area (Å²) in [6.07, 6.45) is 3.76. The molecule has 7 heteroatoms. The van der Waals surface area contributed by atoms with Crippen LogP contribution < -0.4 is 20.1 Å². The van der Waals surface area contributed by atoms with Crippen molar-refractivity contribution in [2.75, 3.05) is 32.4 Å². The zero-order chi connectivity index (χ0) is 18.4. The third-order valence-corrected chi connectivity index (χ3v) is 4.93. The molecule has 1 aromatic rings.